The summed E-state index contributed by atoms with van der Waals surface area (Å²) in [6.45, 7) is 4.32. The number of aromatic nitrogens is 2. The van der Waals surface area contributed by atoms with E-state index in [0.29, 0.717) is 18.0 Å². The maximum absolute atomic E-state index is 13.8. The Kier molecular flexibility index (Phi) is 5.41. The van der Waals surface area contributed by atoms with Crippen molar-refractivity contribution >= 4 is 47.1 Å². The van der Waals surface area contributed by atoms with Gasteiger partial charge in [-0.25, -0.2) is 9.78 Å². The van der Waals surface area contributed by atoms with Crippen LogP contribution in [0.3, 0.4) is 0 Å². The normalized spacial score (nSPS) is 21.7. The van der Waals surface area contributed by atoms with E-state index in [9.17, 15) is 9.59 Å². The zero-order chi connectivity index (χ0) is 27.0. The number of likely N-dealkylation sites (tertiary alicyclic amines) is 1. The predicted octanol–water partition coefficient (Wildman–Crippen LogP) is 4.11. The van der Waals surface area contributed by atoms with E-state index in [1.807, 2.05) is 36.9 Å². The fraction of sp³-hybridized carbons (Fsp3) is 0.367. The summed E-state index contributed by atoms with van der Waals surface area (Å²) < 4.78 is 10.8. The van der Waals surface area contributed by atoms with Crippen LogP contribution in [0.25, 0.3) is 32.9 Å². The minimum atomic E-state index is -0.658. The van der Waals surface area contributed by atoms with Gasteiger partial charge in [0.2, 0.25) is 5.91 Å². The summed E-state index contributed by atoms with van der Waals surface area (Å²) in [6.07, 6.45) is 1.26. The molecule has 196 valence electrons. The summed E-state index contributed by atoms with van der Waals surface area (Å²) in [5, 5.41) is 4.88. The third-order valence-corrected chi connectivity index (χ3v) is 8.46. The molecule has 0 spiro atoms. The lowest BCUT2D eigenvalue weighted by Gasteiger charge is -2.31. The Morgan fingerprint density at radius 2 is 2.00 bits per heavy atom. The van der Waals surface area contributed by atoms with Gasteiger partial charge < -0.3 is 24.7 Å². The number of fused-ring (bicyclic) bond motifs is 7. The Morgan fingerprint density at radius 3 is 2.79 bits per heavy atom. The van der Waals surface area contributed by atoms with Gasteiger partial charge in [-0.1, -0.05) is 37.5 Å². The van der Waals surface area contributed by atoms with Crippen LogP contribution < -0.4 is 15.5 Å². The number of rotatable bonds is 4. The number of ether oxygens (including phenoxy) is 2. The molecule has 3 aromatic carbocycles. The van der Waals surface area contributed by atoms with Crippen LogP contribution >= 0.6 is 0 Å². The second kappa shape index (κ2) is 8.76. The summed E-state index contributed by atoms with van der Waals surface area (Å²) >= 11 is 0. The molecular weight excluding hydrogens is 491 g/mol. The molecule has 0 bridgehead atoms. The highest BCUT2D eigenvalue weighted by Gasteiger charge is 2.56. The highest BCUT2D eigenvalue weighted by Crippen LogP contribution is 2.53. The molecule has 1 saturated carbocycles. The molecule has 2 aliphatic heterocycles. The topological polar surface area (TPSA) is 96.6 Å². The van der Waals surface area contributed by atoms with Crippen molar-refractivity contribution in [2.75, 3.05) is 7.11 Å². The smallest absolute Gasteiger partial charge is 0.407 e. The second-order valence-corrected chi connectivity index (χ2v) is 11.3. The average molecular weight is 520 g/mol. The van der Waals surface area contributed by atoms with Crippen molar-refractivity contribution in [2.45, 2.75) is 51.4 Å². The van der Waals surface area contributed by atoms with E-state index in [1.54, 1.807) is 0 Å². The van der Waals surface area contributed by atoms with Crippen molar-refractivity contribution < 1.29 is 19.1 Å². The number of carbonyl (C=O) groups excluding carboxylic acids is 2. The van der Waals surface area contributed by atoms with E-state index in [0.717, 1.165) is 62.9 Å². The first-order chi connectivity index (χ1) is 18.8. The predicted molar refractivity (Wildman–Crippen MR) is 149 cm³/mol. The molecule has 2 amide bonds. The largest absolute Gasteiger partial charge is 0.488 e. The van der Waals surface area contributed by atoms with Gasteiger partial charge in [-0.2, -0.15) is 0 Å². The number of hydrogen-bond donors (Lipinski definition) is 2. The van der Waals surface area contributed by atoms with Crippen LogP contribution in [-0.4, -0.2) is 53.9 Å². The maximum atomic E-state index is 13.8. The number of nitrogens with one attached hydrogen (secondary N) is 2. The van der Waals surface area contributed by atoms with Gasteiger partial charge in [-0.15, -0.1) is 0 Å². The zero-order valence-electron chi connectivity index (χ0n) is 22.2. The number of benzene rings is 3. The van der Waals surface area contributed by atoms with Crippen LogP contribution in [0.2, 0.25) is 0 Å². The van der Waals surface area contributed by atoms with Crippen LogP contribution in [0.1, 0.15) is 44.1 Å². The first-order valence-corrected chi connectivity index (χ1v) is 13.5. The summed E-state index contributed by atoms with van der Waals surface area (Å²) in [4.78, 5) is 36.3. The molecule has 4 aromatic rings. The van der Waals surface area contributed by atoms with Crippen molar-refractivity contribution in [3.05, 3.63) is 53.9 Å². The number of carbonyl (C=O) groups is 2. The second-order valence-electron chi connectivity index (χ2n) is 11.3. The first-order valence-electron chi connectivity index (χ1n) is 13.5. The Hall–Kier alpha value is -4.01. The molecule has 3 heterocycles. The van der Waals surface area contributed by atoms with Crippen molar-refractivity contribution in [3.8, 4) is 16.9 Å². The number of piperidine rings is 1. The third kappa shape index (κ3) is 3.86. The minimum absolute atomic E-state index is 0.0790. The Balaban J connectivity index is 1.26. The highest BCUT2D eigenvalue weighted by atomic mass is 16.5. The van der Waals surface area contributed by atoms with Crippen LogP contribution in [0.4, 0.5) is 4.79 Å². The van der Waals surface area contributed by atoms with Crippen LogP contribution in [0, 0.1) is 11.8 Å². The van der Waals surface area contributed by atoms with Gasteiger partial charge in [0.05, 0.1) is 24.2 Å². The standard InChI is InChI=1S/C30H29BN4O4/c1-14(2)26(34-30(37)38-3)29(36)35-23-10-16(23)11-24(35)28-32-22-7-4-15-8-20-17(9-21(15)27(22)33-28)13-39-25-12-18(31)5-6-19(20)25/h4-9,12,14,16,23-24,26H,10-11,13H2,1-3H3,(H,32,33)(H,34,37)/t16-,23-,24+,26+/m1/s1. The van der Waals surface area contributed by atoms with E-state index in [4.69, 9.17) is 22.3 Å². The van der Waals surface area contributed by atoms with Crippen molar-refractivity contribution in [1.29, 1.82) is 0 Å². The van der Waals surface area contributed by atoms with E-state index in [1.165, 1.54) is 7.11 Å². The number of H-pyrrole nitrogens is 1. The Bertz CT molecular complexity index is 1660. The summed E-state index contributed by atoms with van der Waals surface area (Å²) in [5.74, 6) is 1.89. The summed E-state index contributed by atoms with van der Waals surface area (Å²) in [6, 6.07) is 13.7. The first kappa shape index (κ1) is 24.1. The van der Waals surface area contributed by atoms with Gasteiger partial charge in [-0.05, 0) is 65.5 Å². The van der Waals surface area contributed by atoms with E-state index >= 15 is 0 Å². The SMILES string of the molecule is [B]c1ccc2c(c1)OCc1cc3c(ccc4[nH]c([C@@H]5C[C@H]6C[C@H]6N5C(=O)[C@@H](NC(=O)OC)C(C)C)nc43)cc1-2. The molecule has 1 aliphatic carbocycles. The van der Waals surface area contributed by atoms with Gasteiger partial charge in [0, 0.05) is 17.0 Å². The average Bonchev–Trinajstić information content (AvgIpc) is 3.37. The van der Waals surface area contributed by atoms with Crippen LogP contribution in [0.5, 0.6) is 5.75 Å². The van der Waals surface area contributed by atoms with E-state index in [-0.39, 0.29) is 23.9 Å². The van der Waals surface area contributed by atoms with Crippen LogP contribution in [0.15, 0.2) is 42.5 Å². The maximum Gasteiger partial charge on any atom is 0.407 e. The molecule has 4 atom stereocenters. The number of methoxy groups -OCH3 is 1. The van der Waals surface area contributed by atoms with Gasteiger partial charge in [-0.3, -0.25) is 4.79 Å². The van der Waals surface area contributed by atoms with Gasteiger partial charge in [0.15, 0.2) is 0 Å². The lowest BCUT2D eigenvalue weighted by molar-refractivity contribution is -0.136. The minimum Gasteiger partial charge on any atom is -0.488 e. The molecule has 1 saturated heterocycles. The molecule has 3 aliphatic rings. The van der Waals surface area contributed by atoms with Gasteiger partial charge >= 0.3 is 6.09 Å². The van der Waals surface area contributed by atoms with Crippen LogP contribution in [-0.2, 0) is 16.1 Å². The van der Waals surface area contributed by atoms with E-state index in [2.05, 4.69) is 34.6 Å². The Morgan fingerprint density at radius 1 is 1.15 bits per heavy atom. The number of imidazole rings is 1. The molecule has 0 unspecified atom stereocenters. The lowest BCUT2D eigenvalue weighted by atomic mass is 9.89. The van der Waals surface area contributed by atoms with E-state index < -0.39 is 12.1 Å². The number of amides is 2. The molecule has 9 heteroatoms. The number of nitrogens with zero attached hydrogens (tertiary/aromatic N) is 2. The molecule has 1 aromatic heterocycles. The quantitative estimate of drug-likeness (QED) is 0.395. The van der Waals surface area contributed by atoms with Crippen molar-refractivity contribution in [2.24, 2.45) is 11.8 Å². The summed E-state index contributed by atoms with van der Waals surface area (Å²) in [7, 11) is 7.28. The molecule has 39 heavy (non-hydrogen) atoms. The summed E-state index contributed by atoms with van der Waals surface area (Å²) in [5.41, 5.74) is 5.78. The number of aromatic amines is 1. The van der Waals surface area contributed by atoms with Gasteiger partial charge in [0.25, 0.3) is 0 Å². The lowest BCUT2D eigenvalue weighted by Crippen LogP contribution is -2.52. The van der Waals surface area contributed by atoms with Crippen molar-refractivity contribution in [3.63, 3.8) is 0 Å². The molecule has 2 fully saturated rings. The fourth-order valence-corrected chi connectivity index (χ4v) is 6.35. The molecular formula is C30H29BN4O4. The zero-order valence-corrected chi connectivity index (χ0v) is 22.2. The fourth-order valence-electron chi connectivity index (χ4n) is 6.35. The molecule has 7 rings (SSSR count). The monoisotopic (exact) mass is 520 g/mol. The van der Waals surface area contributed by atoms with Gasteiger partial charge in [0.1, 0.15) is 32.1 Å². The third-order valence-electron chi connectivity index (χ3n) is 8.46. The molecule has 2 N–H and O–H groups in total. The molecule has 2 radical (unpaired) electrons. The molecule has 8 nitrogen and oxygen atoms in total. The van der Waals surface area contributed by atoms with Crippen molar-refractivity contribution in [1.82, 2.24) is 20.2 Å². The highest BCUT2D eigenvalue weighted by molar-refractivity contribution is 6.32. The number of alkyl carbamates (subject to hydrolysis) is 1. The number of hydrogen-bond acceptors (Lipinski definition) is 5. The Labute approximate surface area is 227 Å².